The average molecular weight is 324 g/mol. The van der Waals surface area contributed by atoms with Crippen LogP contribution < -0.4 is 4.90 Å². The summed E-state index contributed by atoms with van der Waals surface area (Å²) in [5.74, 6) is 0.506. The van der Waals surface area contributed by atoms with Crippen LogP contribution in [0.4, 0.5) is 10.6 Å². The summed E-state index contributed by atoms with van der Waals surface area (Å²) in [4.78, 5) is 23.5. The van der Waals surface area contributed by atoms with Gasteiger partial charge < -0.3 is 14.5 Å². The van der Waals surface area contributed by atoms with Gasteiger partial charge in [-0.2, -0.15) is 10.2 Å². The van der Waals surface area contributed by atoms with Gasteiger partial charge in [-0.1, -0.05) is 0 Å². The molecule has 0 saturated carbocycles. The lowest BCUT2D eigenvalue weighted by atomic mass is 10.2. The lowest BCUT2D eigenvalue weighted by Crippen LogP contribution is -2.50. The number of amides is 1. The zero-order chi connectivity index (χ0) is 16.3. The summed E-state index contributed by atoms with van der Waals surface area (Å²) in [5, 5.41) is 9.22. The van der Waals surface area contributed by atoms with Crippen LogP contribution in [-0.2, 0) is 4.74 Å². The monoisotopic (exact) mass is 323 g/mol. The van der Waals surface area contributed by atoms with E-state index in [1.807, 2.05) is 25.7 Å². The smallest absolute Gasteiger partial charge is 0.410 e. The van der Waals surface area contributed by atoms with Crippen molar-refractivity contribution in [3.63, 3.8) is 0 Å². The molecule has 8 heteroatoms. The van der Waals surface area contributed by atoms with Crippen LogP contribution in [0, 0.1) is 11.3 Å². The van der Waals surface area contributed by atoms with Gasteiger partial charge in [-0.15, -0.1) is 0 Å². The third kappa shape index (κ3) is 3.98. The molecule has 0 unspecified atom stereocenters. The third-order valence-electron chi connectivity index (χ3n) is 3.09. The Morgan fingerprint density at radius 1 is 1.36 bits per heavy atom. The van der Waals surface area contributed by atoms with Crippen molar-refractivity contribution in [2.24, 2.45) is 0 Å². The Morgan fingerprint density at radius 2 is 2.00 bits per heavy atom. The molecular weight excluding hydrogens is 306 g/mol. The second-order valence-corrected chi connectivity index (χ2v) is 6.28. The number of carbonyl (C=O) groups is 1. The zero-order valence-corrected chi connectivity index (χ0v) is 13.6. The summed E-state index contributed by atoms with van der Waals surface area (Å²) in [6, 6.07) is 2.05. The molecule has 1 aliphatic rings. The van der Waals surface area contributed by atoms with Gasteiger partial charge in [0.1, 0.15) is 17.2 Å². The number of nitriles is 1. The minimum absolute atomic E-state index is 0.101. The highest BCUT2D eigenvalue weighted by Crippen LogP contribution is 2.20. The first kappa shape index (κ1) is 16.3. The minimum atomic E-state index is -0.512. The van der Waals surface area contributed by atoms with Gasteiger partial charge in [-0.25, -0.2) is 9.78 Å². The molecule has 0 aliphatic carbocycles. The van der Waals surface area contributed by atoms with E-state index in [9.17, 15) is 4.79 Å². The molecule has 2 rings (SSSR count). The van der Waals surface area contributed by atoms with E-state index in [0.29, 0.717) is 37.6 Å². The molecule has 1 aliphatic heterocycles. The maximum atomic E-state index is 12.0. The van der Waals surface area contributed by atoms with E-state index >= 15 is 0 Å². The Bertz CT molecular complexity index is 600. The van der Waals surface area contributed by atoms with E-state index in [1.165, 1.54) is 6.20 Å². The van der Waals surface area contributed by atoms with E-state index in [1.54, 1.807) is 4.90 Å². The van der Waals surface area contributed by atoms with Crippen molar-refractivity contribution >= 4 is 23.5 Å². The Morgan fingerprint density at radius 3 is 2.55 bits per heavy atom. The molecule has 0 atom stereocenters. The van der Waals surface area contributed by atoms with Crippen LogP contribution in [0.2, 0.25) is 5.28 Å². The fourth-order valence-electron chi connectivity index (χ4n) is 2.10. The number of nitrogens with zero attached hydrogens (tertiary/aromatic N) is 5. The molecule has 118 valence electrons. The van der Waals surface area contributed by atoms with E-state index in [-0.39, 0.29) is 11.4 Å². The molecule has 2 heterocycles. The Hall–Kier alpha value is -2.07. The Kier molecular flexibility index (Phi) is 4.71. The van der Waals surface area contributed by atoms with Gasteiger partial charge in [0.25, 0.3) is 0 Å². The van der Waals surface area contributed by atoms with E-state index in [0.717, 1.165) is 0 Å². The maximum absolute atomic E-state index is 12.0. The fraction of sp³-hybridized carbons (Fsp3) is 0.571. The molecule has 1 amide bonds. The lowest BCUT2D eigenvalue weighted by molar-refractivity contribution is 0.0240. The number of ether oxygens (including phenoxy) is 1. The highest BCUT2D eigenvalue weighted by atomic mass is 35.5. The van der Waals surface area contributed by atoms with Gasteiger partial charge in [0.05, 0.1) is 6.20 Å². The van der Waals surface area contributed by atoms with E-state index in [4.69, 9.17) is 21.6 Å². The van der Waals surface area contributed by atoms with Gasteiger partial charge >= 0.3 is 6.09 Å². The molecule has 22 heavy (non-hydrogen) atoms. The number of hydrogen-bond donors (Lipinski definition) is 0. The molecule has 1 saturated heterocycles. The van der Waals surface area contributed by atoms with Crippen molar-refractivity contribution in [2.75, 3.05) is 31.1 Å². The zero-order valence-electron chi connectivity index (χ0n) is 12.8. The molecule has 0 N–H and O–H groups in total. The first-order valence-corrected chi connectivity index (χ1v) is 7.33. The van der Waals surface area contributed by atoms with Gasteiger partial charge in [-0.05, 0) is 32.4 Å². The predicted octanol–water partition coefficient (Wildman–Crippen LogP) is 2.06. The highest BCUT2D eigenvalue weighted by molar-refractivity contribution is 6.28. The van der Waals surface area contributed by atoms with Crippen molar-refractivity contribution in [3.05, 3.63) is 17.0 Å². The van der Waals surface area contributed by atoms with Crippen LogP contribution in [0.3, 0.4) is 0 Å². The molecule has 0 radical (unpaired) electrons. The largest absolute Gasteiger partial charge is 0.444 e. The maximum Gasteiger partial charge on any atom is 0.410 e. The summed E-state index contributed by atoms with van der Waals surface area (Å²) < 4.78 is 5.35. The second kappa shape index (κ2) is 6.36. The second-order valence-electron chi connectivity index (χ2n) is 5.94. The van der Waals surface area contributed by atoms with Crippen molar-refractivity contribution < 1.29 is 9.53 Å². The van der Waals surface area contributed by atoms with Crippen LogP contribution in [0.1, 0.15) is 26.3 Å². The van der Waals surface area contributed by atoms with Crippen LogP contribution in [-0.4, -0.2) is 52.7 Å². The number of rotatable bonds is 1. The van der Waals surface area contributed by atoms with E-state index in [2.05, 4.69) is 16.0 Å². The summed E-state index contributed by atoms with van der Waals surface area (Å²) >= 11 is 5.80. The SMILES string of the molecule is CC(C)(C)OC(=O)N1CCN(c2nc(Cl)ncc2C#N)CC1. The summed E-state index contributed by atoms with van der Waals surface area (Å²) in [6.07, 6.45) is 1.08. The van der Waals surface area contributed by atoms with Gasteiger partial charge in [0, 0.05) is 26.2 Å². The number of aromatic nitrogens is 2. The van der Waals surface area contributed by atoms with Crippen LogP contribution in [0.25, 0.3) is 0 Å². The van der Waals surface area contributed by atoms with Crippen molar-refractivity contribution in [1.82, 2.24) is 14.9 Å². The molecule has 0 bridgehead atoms. The molecule has 1 fully saturated rings. The first-order chi connectivity index (χ1) is 10.3. The summed E-state index contributed by atoms with van der Waals surface area (Å²) in [6.45, 7) is 7.63. The molecular formula is C14H18ClN5O2. The Labute approximate surface area is 134 Å². The van der Waals surface area contributed by atoms with Crippen molar-refractivity contribution in [2.45, 2.75) is 26.4 Å². The standard InChI is InChI=1S/C14H18ClN5O2/c1-14(2,3)22-13(21)20-6-4-19(5-7-20)11-10(8-16)9-17-12(15)18-11/h9H,4-7H2,1-3H3. The summed E-state index contributed by atoms with van der Waals surface area (Å²) in [7, 11) is 0. The first-order valence-electron chi connectivity index (χ1n) is 6.95. The number of halogens is 1. The number of anilines is 1. The number of hydrogen-bond acceptors (Lipinski definition) is 6. The third-order valence-corrected chi connectivity index (χ3v) is 3.27. The quantitative estimate of drug-likeness (QED) is 0.736. The summed E-state index contributed by atoms with van der Waals surface area (Å²) in [5.41, 5.74) is -0.141. The minimum Gasteiger partial charge on any atom is -0.444 e. The molecule has 0 spiro atoms. The topological polar surface area (TPSA) is 82.3 Å². The Balaban J connectivity index is 2.02. The molecule has 0 aromatic carbocycles. The molecule has 1 aromatic rings. The highest BCUT2D eigenvalue weighted by Gasteiger charge is 2.27. The van der Waals surface area contributed by atoms with Crippen molar-refractivity contribution in [1.29, 1.82) is 5.26 Å². The number of carbonyl (C=O) groups excluding carboxylic acids is 1. The van der Waals surface area contributed by atoms with Crippen LogP contribution in [0.5, 0.6) is 0 Å². The van der Waals surface area contributed by atoms with Gasteiger partial charge in [0.2, 0.25) is 5.28 Å². The van der Waals surface area contributed by atoms with Crippen molar-refractivity contribution in [3.8, 4) is 6.07 Å². The van der Waals surface area contributed by atoms with Gasteiger partial charge in [0.15, 0.2) is 5.82 Å². The molecule has 7 nitrogen and oxygen atoms in total. The fourth-order valence-corrected chi connectivity index (χ4v) is 2.23. The predicted molar refractivity (Wildman–Crippen MR) is 81.8 cm³/mol. The number of piperazine rings is 1. The lowest BCUT2D eigenvalue weighted by Gasteiger charge is -2.36. The van der Waals surface area contributed by atoms with Crippen LogP contribution >= 0.6 is 11.6 Å². The van der Waals surface area contributed by atoms with Crippen LogP contribution in [0.15, 0.2) is 6.20 Å². The van der Waals surface area contributed by atoms with E-state index < -0.39 is 5.60 Å². The molecule has 1 aromatic heterocycles. The normalized spacial score (nSPS) is 15.4. The van der Waals surface area contributed by atoms with Gasteiger partial charge in [-0.3, -0.25) is 0 Å². The average Bonchev–Trinajstić information content (AvgIpc) is 2.45.